The number of nitrogens with one attached hydrogen (secondary N) is 1. The van der Waals surface area contributed by atoms with Crippen LogP contribution in [0.5, 0.6) is 0 Å². The lowest BCUT2D eigenvalue weighted by Gasteiger charge is -2.04. The molecule has 88 valence electrons. The van der Waals surface area contributed by atoms with Gasteiger partial charge in [0.2, 0.25) is 0 Å². The number of aryl methyl sites for hydroxylation is 1. The average Bonchev–Trinajstić information content (AvgIpc) is 2.73. The summed E-state index contributed by atoms with van der Waals surface area (Å²) in [4.78, 5) is 4.53. The van der Waals surface area contributed by atoms with E-state index in [9.17, 15) is 0 Å². The summed E-state index contributed by atoms with van der Waals surface area (Å²) in [7, 11) is 1.84. The van der Waals surface area contributed by atoms with Crippen molar-refractivity contribution in [2.45, 2.75) is 6.54 Å². The van der Waals surface area contributed by atoms with E-state index in [1.54, 1.807) is 11.0 Å². The highest BCUT2D eigenvalue weighted by molar-refractivity contribution is 7.80. The Balaban J connectivity index is 1.97. The first kappa shape index (κ1) is 11.5. The zero-order valence-corrected chi connectivity index (χ0v) is 10.2. The van der Waals surface area contributed by atoms with Crippen molar-refractivity contribution in [1.29, 1.82) is 0 Å². The van der Waals surface area contributed by atoms with Crippen LogP contribution in [0.4, 0.5) is 5.69 Å². The lowest BCUT2D eigenvalue weighted by molar-refractivity contribution is 0.747. The van der Waals surface area contributed by atoms with Crippen LogP contribution in [0, 0.1) is 0 Å². The van der Waals surface area contributed by atoms with Gasteiger partial charge >= 0.3 is 0 Å². The van der Waals surface area contributed by atoms with Crippen molar-refractivity contribution in [3.8, 4) is 0 Å². The molecule has 0 spiro atoms. The smallest absolute Gasteiger partial charge is 0.169 e. The summed E-state index contributed by atoms with van der Waals surface area (Å²) >= 11 is 4.88. The van der Waals surface area contributed by atoms with Gasteiger partial charge in [-0.2, -0.15) is 5.10 Å². The monoisotopic (exact) mass is 247 g/mol. The minimum atomic E-state index is 0.406. The van der Waals surface area contributed by atoms with E-state index in [4.69, 9.17) is 18.0 Å². The normalized spacial score (nSPS) is 10.2. The average molecular weight is 247 g/mol. The van der Waals surface area contributed by atoms with Crippen molar-refractivity contribution in [1.82, 2.24) is 14.8 Å². The van der Waals surface area contributed by atoms with E-state index in [-0.39, 0.29) is 0 Å². The molecule has 0 atom stereocenters. The fourth-order valence-corrected chi connectivity index (χ4v) is 1.53. The first-order valence-electron chi connectivity index (χ1n) is 5.13. The lowest BCUT2D eigenvalue weighted by atomic mass is 10.2. The number of rotatable bonds is 4. The summed E-state index contributed by atoms with van der Waals surface area (Å²) in [5.41, 5.74) is 7.37. The molecule has 0 bridgehead atoms. The van der Waals surface area contributed by atoms with Gasteiger partial charge in [0.15, 0.2) is 5.82 Å². The second-order valence-electron chi connectivity index (χ2n) is 3.63. The second kappa shape index (κ2) is 4.92. The zero-order chi connectivity index (χ0) is 12.3. The van der Waals surface area contributed by atoms with Gasteiger partial charge in [-0.3, -0.25) is 4.68 Å². The number of hydrogen-bond acceptors (Lipinski definition) is 4. The van der Waals surface area contributed by atoms with Crippen molar-refractivity contribution < 1.29 is 0 Å². The number of benzene rings is 1. The van der Waals surface area contributed by atoms with Crippen LogP contribution in [0.2, 0.25) is 0 Å². The maximum atomic E-state index is 5.52. The van der Waals surface area contributed by atoms with Crippen LogP contribution in [0.3, 0.4) is 0 Å². The molecule has 0 aliphatic rings. The SMILES string of the molecule is Cn1cnc(CNc2ccc(C(N)=S)cc2)n1. The highest BCUT2D eigenvalue weighted by Crippen LogP contribution is 2.10. The third-order valence-corrected chi connectivity index (χ3v) is 2.50. The Morgan fingerprint density at radius 3 is 2.65 bits per heavy atom. The third kappa shape index (κ3) is 3.01. The van der Waals surface area contributed by atoms with E-state index in [0.717, 1.165) is 17.1 Å². The molecule has 1 aromatic carbocycles. The number of hydrogen-bond donors (Lipinski definition) is 2. The molecule has 0 fully saturated rings. The topological polar surface area (TPSA) is 68.8 Å². The van der Waals surface area contributed by atoms with E-state index in [2.05, 4.69) is 15.4 Å². The minimum Gasteiger partial charge on any atom is -0.389 e. The molecule has 2 aromatic rings. The molecular weight excluding hydrogens is 234 g/mol. The van der Waals surface area contributed by atoms with E-state index in [1.165, 1.54) is 0 Å². The summed E-state index contributed by atoms with van der Waals surface area (Å²) < 4.78 is 1.67. The molecule has 0 aliphatic heterocycles. The summed E-state index contributed by atoms with van der Waals surface area (Å²) in [6.45, 7) is 0.591. The van der Waals surface area contributed by atoms with Gasteiger partial charge in [0.1, 0.15) is 11.3 Å². The first-order valence-corrected chi connectivity index (χ1v) is 5.54. The van der Waals surface area contributed by atoms with Crippen molar-refractivity contribution in [2.75, 3.05) is 5.32 Å². The fraction of sp³-hybridized carbons (Fsp3) is 0.182. The summed E-state index contributed by atoms with van der Waals surface area (Å²) in [5, 5.41) is 7.39. The summed E-state index contributed by atoms with van der Waals surface area (Å²) in [6, 6.07) is 7.63. The van der Waals surface area contributed by atoms with Gasteiger partial charge in [0.25, 0.3) is 0 Å². The highest BCUT2D eigenvalue weighted by Gasteiger charge is 1.99. The van der Waals surface area contributed by atoms with Crippen LogP contribution >= 0.6 is 12.2 Å². The largest absolute Gasteiger partial charge is 0.389 e. The molecular formula is C11H13N5S. The zero-order valence-electron chi connectivity index (χ0n) is 9.42. The van der Waals surface area contributed by atoms with E-state index >= 15 is 0 Å². The highest BCUT2D eigenvalue weighted by atomic mass is 32.1. The summed E-state index contributed by atoms with van der Waals surface area (Å²) in [5.74, 6) is 0.755. The quantitative estimate of drug-likeness (QED) is 0.791. The van der Waals surface area contributed by atoms with Crippen molar-refractivity contribution >= 4 is 22.9 Å². The van der Waals surface area contributed by atoms with Crippen LogP contribution in [0.1, 0.15) is 11.4 Å². The number of nitrogens with two attached hydrogens (primary N) is 1. The molecule has 1 aromatic heterocycles. The predicted octanol–water partition coefficient (Wildman–Crippen LogP) is 1.06. The Hall–Kier alpha value is -1.95. The standard InChI is InChI=1S/C11H13N5S/c1-16-7-14-10(15-16)6-13-9-4-2-8(3-5-9)11(12)17/h2-5,7,13H,6H2,1H3,(H2,12,17). The molecule has 0 unspecified atom stereocenters. The van der Waals surface area contributed by atoms with Gasteiger partial charge in [-0.1, -0.05) is 12.2 Å². The number of aromatic nitrogens is 3. The number of anilines is 1. The minimum absolute atomic E-state index is 0.406. The van der Waals surface area contributed by atoms with E-state index in [1.807, 2.05) is 31.3 Å². The van der Waals surface area contributed by atoms with E-state index < -0.39 is 0 Å². The van der Waals surface area contributed by atoms with Crippen LogP contribution in [0.25, 0.3) is 0 Å². The molecule has 3 N–H and O–H groups in total. The van der Waals surface area contributed by atoms with Gasteiger partial charge < -0.3 is 11.1 Å². The second-order valence-corrected chi connectivity index (χ2v) is 4.07. The van der Waals surface area contributed by atoms with Crippen LogP contribution in [-0.2, 0) is 13.6 Å². The van der Waals surface area contributed by atoms with Gasteiger partial charge in [-0.25, -0.2) is 4.98 Å². The fourth-order valence-electron chi connectivity index (χ4n) is 1.40. The Bertz CT molecular complexity index is 517. The molecule has 0 aliphatic carbocycles. The first-order chi connectivity index (χ1) is 8.15. The van der Waals surface area contributed by atoms with Gasteiger partial charge in [-0.15, -0.1) is 0 Å². The Morgan fingerprint density at radius 2 is 2.12 bits per heavy atom. The van der Waals surface area contributed by atoms with Gasteiger partial charge in [-0.05, 0) is 24.3 Å². The lowest BCUT2D eigenvalue weighted by Crippen LogP contribution is -2.09. The Labute approximate surface area is 105 Å². The maximum absolute atomic E-state index is 5.52. The molecule has 0 amide bonds. The van der Waals surface area contributed by atoms with Crippen molar-refractivity contribution in [2.24, 2.45) is 12.8 Å². The molecule has 17 heavy (non-hydrogen) atoms. The molecule has 5 nitrogen and oxygen atoms in total. The number of thiocarbonyl (C=S) groups is 1. The third-order valence-electron chi connectivity index (χ3n) is 2.27. The Kier molecular flexibility index (Phi) is 3.34. The predicted molar refractivity (Wildman–Crippen MR) is 70.7 cm³/mol. The molecule has 1 heterocycles. The number of nitrogens with zero attached hydrogens (tertiary/aromatic N) is 3. The molecule has 0 saturated carbocycles. The molecule has 0 radical (unpaired) electrons. The van der Waals surface area contributed by atoms with Crippen LogP contribution in [0.15, 0.2) is 30.6 Å². The van der Waals surface area contributed by atoms with E-state index in [0.29, 0.717) is 11.5 Å². The molecule has 6 heteroatoms. The maximum Gasteiger partial charge on any atom is 0.169 e. The van der Waals surface area contributed by atoms with Crippen LogP contribution < -0.4 is 11.1 Å². The molecule has 0 saturated heterocycles. The van der Waals surface area contributed by atoms with Gasteiger partial charge in [0.05, 0.1) is 6.54 Å². The molecule has 2 rings (SSSR count). The summed E-state index contributed by atoms with van der Waals surface area (Å²) in [6.07, 6.45) is 1.67. The van der Waals surface area contributed by atoms with Gasteiger partial charge in [0, 0.05) is 18.3 Å². The van der Waals surface area contributed by atoms with Crippen molar-refractivity contribution in [3.05, 3.63) is 42.0 Å². The Morgan fingerprint density at radius 1 is 1.41 bits per heavy atom. The van der Waals surface area contributed by atoms with Crippen LogP contribution in [-0.4, -0.2) is 19.8 Å². The van der Waals surface area contributed by atoms with Crippen molar-refractivity contribution in [3.63, 3.8) is 0 Å².